The number of carboxylic acid groups (broad SMARTS) is 1. The van der Waals surface area contributed by atoms with Crippen LogP contribution >= 0.6 is 12.2 Å². The normalized spacial score (nSPS) is 41.4. The average molecular weight is 565 g/mol. The third-order valence-corrected chi connectivity index (χ3v) is 11.7. The number of hydrogen-bond donors (Lipinski definition) is 4. The molecule has 3 saturated carbocycles. The summed E-state index contributed by atoms with van der Waals surface area (Å²) in [6.07, 6.45) is 6.76. The minimum Gasteiger partial charge on any atom is -0.480 e. The molecular formula is C31H36N2O6S. The first-order valence-corrected chi connectivity index (χ1v) is 14.5. The number of aliphatic hydroxyl groups excluding tert-OH is 2. The molecule has 4 N–H and O–H groups in total. The van der Waals surface area contributed by atoms with Crippen LogP contribution in [-0.2, 0) is 14.4 Å². The van der Waals surface area contributed by atoms with Gasteiger partial charge in [-0.05, 0) is 79.4 Å². The Morgan fingerprint density at radius 1 is 1.18 bits per heavy atom. The lowest BCUT2D eigenvalue weighted by atomic mass is 9.44. The fraction of sp³-hybridized carbons (Fsp3) is 0.548. The third kappa shape index (κ3) is 3.56. The lowest BCUT2D eigenvalue weighted by Gasteiger charge is -2.60. The number of allylic oxidation sites excluding steroid dienone is 4. The molecular weight excluding hydrogens is 528 g/mol. The largest absolute Gasteiger partial charge is 0.480 e. The SMILES string of the molecule is C[C@]12C=CC(=O)C=C1CC[C@@H]1[C@@H]2[C@@H](O)C[C@@]2(C)[C@H]1C[C@H]1C(C(=O)O)N(C(=S)Nc3ccccc3)C[C@]12C(=O)CO. The van der Waals surface area contributed by atoms with Crippen LogP contribution in [0.1, 0.15) is 39.5 Å². The summed E-state index contributed by atoms with van der Waals surface area (Å²) in [5.74, 6) is -2.16. The van der Waals surface area contributed by atoms with Crippen LogP contribution in [0.3, 0.4) is 0 Å². The van der Waals surface area contributed by atoms with Crippen LogP contribution < -0.4 is 5.32 Å². The summed E-state index contributed by atoms with van der Waals surface area (Å²) in [6.45, 7) is 3.48. The molecule has 8 nitrogen and oxygen atoms in total. The first-order valence-electron chi connectivity index (χ1n) is 14.1. The number of aliphatic carboxylic acids is 1. The molecule has 1 aromatic rings. The van der Waals surface area contributed by atoms with Crippen LogP contribution in [0, 0.1) is 39.9 Å². The Balaban J connectivity index is 1.41. The number of carbonyl (C=O) groups excluding carboxylic acids is 2. The van der Waals surface area contributed by atoms with Crippen LogP contribution in [0.4, 0.5) is 5.69 Å². The summed E-state index contributed by atoms with van der Waals surface area (Å²) in [7, 11) is 0. The number of aliphatic hydroxyl groups is 2. The van der Waals surface area contributed by atoms with Crippen LogP contribution in [0.25, 0.3) is 0 Å². The maximum atomic E-state index is 13.9. The number of thiocarbonyl (C=S) groups is 1. The number of fused-ring (bicyclic) bond motifs is 7. The first kappa shape index (κ1) is 27.3. The van der Waals surface area contributed by atoms with E-state index in [1.165, 1.54) is 0 Å². The van der Waals surface area contributed by atoms with Crippen molar-refractivity contribution in [1.29, 1.82) is 0 Å². The van der Waals surface area contributed by atoms with Crippen molar-refractivity contribution in [2.24, 2.45) is 39.9 Å². The van der Waals surface area contributed by atoms with Crippen molar-refractivity contribution in [3.05, 3.63) is 54.1 Å². The van der Waals surface area contributed by atoms with Crippen LogP contribution in [0.5, 0.6) is 0 Å². The number of carboxylic acids is 1. The summed E-state index contributed by atoms with van der Waals surface area (Å²) < 4.78 is 0. The first-order chi connectivity index (χ1) is 19.0. The van der Waals surface area contributed by atoms with Gasteiger partial charge in [0.2, 0.25) is 0 Å². The number of nitrogens with zero attached hydrogens (tertiary/aromatic N) is 1. The highest BCUT2D eigenvalue weighted by atomic mass is 32.1. The number of hydrogen-bond acceptors (Lipinski definition) is 6. The fourth-order valence-corrected chi connectivity index (χ4v) is 10.1. The van der Waals surface area contributed by atoms with Gasteiger partial charge in [-0.3, -0.25) is 9.59 Å². The Morgan fingerprint density at radius 2 is 1.90 bits per heavy atom. The zero-order chi connectivity index (χ0) is 28.6. The Hall–Kier alpha value is -2.88. The van der Waals surface area contributed by atoms with Gasteiger partial charge in [-0.1, -0.05) is 43.7 Å². The highest BCUT2D eigenvalue weighted by molar-refractivity contribution is 7.80. The topological polar surface area (TPSA) is 127 Å². The fourth-order valence-electron chi connectivity index (χ4n) is 9.77. The summed E-state index contributed by atoms with van der Waals surface area (Å²) >= 11 is 5.72. The van der Waals surface area contributed by atoms with E-state index in [1.807, 2.05) is 43.3 Å². The molecule has 4 aliphatic carbocycles. The van der Waals surface area contributed by atoms with Crippen molar-refractivity contribution in [2.75, 3.05) is 18.5 Å². The van der Waals surface area contributed by atoms with E-state index in [9.17, 15) is 29.7 Å². The maximum absolute atomic E-state index is 13.9. The summed E-state index contributed by atoms with van der Waals surface area (Å²) in [6, 6.07) is 8.20. The van der Waals surface area contributed by atoms with E-state index in [1.54, 1.807) is 17.1 Å². The van der Waals surface area contributed by atoms with Gasteiger partial charge in [-0.15, -0.1) is 0 Å². The predicted octanol–water partition coefficient (Wildman–Crippen LogP) is 3.20. The van der Waals surface area contributed by atoms with E-state index in [-0.39, 0.29) is 41.0 Å². The summed E-state index contributed by atoms with van der Waals surface area (Å²) in [5.41, 5.74) is -0.638. The second-order valence-corrected chi connectivity index (χ2v) is 13.2. The molecule has 5 aliphatic rings. The zero-order valence-electron chi connectivity index (χ0n) is 22.7. The Morgan fingerprint density at radius 3 is 2.58 bits per heavy atom. The number of Topliss-reactive ketones (excluding diaryl/α,β-unsaturated/α-hetero) is 1. The average Bonchev–Trinajstić information content (AvgIpc) is 3.39. The van der Waals surface area contributed by atoms with E-state index >= 15 is 0 Å². The minimum atomic E-state index is -1.18. The standard InChI is InChI=1S/C31H36N2O6S/c1-29-11-10-19(35)12-17(29)8-9-20-21-13-22-26(27(38)39)33(28(40)32-18-6-4-3-5-7-18)16-31(22,24(37)15-34)30(21,2)14-23(36)25(20)29/h3-7,10-12,20-23,25-26,34,36H,8-9,13-16H2,1-2H3,(H,32,40)(H,38,39)/t20-,21-,22-,23-,25+,26?,29-,30-,31+/m0/s1. The molecule has 212 valence electrons. The number of carbonyl (C=O) groups is 3. The highest BCUT2D eigenvalue weighted by Gasteiger charge is 2.76. The number of ketones is 2. The molecule has 6 rings (SSSR count). The Bertz CT molecular complexity index is 1340. The molecule has 0 radical (unpaired) electrons. The summed E-state index contributed by atoms with van der Waals surface area (Å²) in [5, 5.41) is 36.0. The molecule has 0 spiro atoms. The molecule has 1 heterocycles. The van der Waals surface area contributed by atoms with Gasteiger partial charge in [0, 0.05) is 29.5 Å². The lowest BCUT2D eigenvalue weighted by molar-refractivity contribution is -0.158. The highest BCUT2D eigenvalue weighted by Crippen LogP contribution is 2.73. The Labute approximate surface area is 239 Å². The molecule has 0 amide bonds. The van der Waals surface area contributed by atoms with Gasteiger partial charge in [0.1, 0.15) is 12.6 Å². The summed E-state index contributed by atoms with van der Waals surface area (Å²) in [4.78, 5) is 40.6. The molecule has 1 saturated heterocycles. The molecule has 0 bridgehead atoms. The number of rotatable bonds is 4. The van der Waals surface area contributed by atoms with Gasteiger partial charge >= 0.3 is 5.97 Å². The van der Waals surface area contributed by atoms with Crippen molar-refractivity contribution < 1.29 is 29.7 Å². The van der Waals surface area contributed by atoms with E-state index in [0.717, 1.165) is 24.1 Å². The van der Waals surface area contributed by atoms with E-state index < -0.39 is 46.9 Å². The molecule has 1 unspecified atom stereocenters. The van der Waals surface area contributed by atoms with Crippen LogP contribution in [-0.4, -0.2) is 68.2 Å². The lowest BCUT2D eigenvalue weighted by Crippen LogP contribution is -2.60. The number of nitrogens with one attached hydrogen (secondary N) is 1. The van der Waals surface area contributed by atoms with Crippen molar-refractivity contribution in [2.45, 2.75) is 51.7 Å². The maximum Gasteiger partial charge on any atom is 0.326 e. The van der Waals surface area contributed by atoms with E-state index in [2.05, 4.69) is 12.2 Å². The van der Waals surface area contributed by atoms with Gasteiger partial charge < -0.3 is 25.5 Å². The van der Waals surface area contributed by atoms with Gasteiger partial charge in [0.05, 0.1) is 11.5 Å². The Kier molecular flexibility index (Phi) is 6.36. The monoisotopic (exact) mass is 564 g/mol. The molecule has 40 heavy (non-hydrogen) atoms. The minimum absolute atomic E-state index is 0.0227. The number of likely N-dealkylation sites (tertiary alicyclic amines) is 1. The molecule has 1 aliphatic heterocycles. The van der Waals surface area contributed by atoms with Gasteiger partial charge in [-0.25, -0.2) is 4.79 Å². The number of para-hydroxylation sites is 1. The second-order valence-electron chi connectivity index (χ2n) is 12.8. The molecule has 9 atom stereocenters. The van der Waals surface area contributed by atoms with Gasteiger partial charge in [0.25, 0.3) is 0 Å². The molecule has 0 aromatic heterocycles. The van der Waals surface area contributed by atoms with E-state index in [4.69, 9.17) is 12.2 Å². The van der Waals surface area contributed by atoms with Crippen molar-refractivity contribution in [3.63, 3.8) is 0 Å². The van der Waals surface area contributed by atoms with Crippen molar-refractivity contribution in [1.82, 2.24) is 4.90 Å². The number of anilines is 1. The van der Waals surface area contributed by atoms with Gasteiger partial charge in [0.15, 0.2) is 16.7 Å². The molecule has 9 heteroatoms. The zero-order valence-corrected chi connectivity index (χ0v) is 23.6. The van der Waals surface area contributed by atoms with E-state index in [0.29, 0.717) is 12.8 Å². The quantitative estimate of drug-likeness (QED) is 0.408. The van der Waals surface area contributed by atoms with Crippen molar-refractivity contribution in [3.8, 4) is 0 Å². The second kappa shape index (κ2) is 9.33. The predicted molar refractivity (Wildman–Crippen MR) is 152 cm³/mol. The molecule has 4 fully saturated rings. The smallest absolute Gasteiger partial charge is 0.326 e. The number of benzene rings is 1. The van der Waals surface area contributed by atoms with Crippen LogP contribution in [0.15, 0.2) is 54.1 Å². The van der Waals surface area contributed by atoms with Crippen LogP contribution in [0.2, 0.25) is 0 Å². The third-order valence-electron chi connectivity index (χ3n) is 11.4. The van der Waals surface area contributed by atoms with Gasteiger partial charge in [-0.2, -0.15) is 0 Å². The molecule has 1 aromatic carbocycles. The van der Waals surface area contributed by atoms with Crippen molar-refractivity contribution >= 4 is 40.6 Å².